The number of rotatable bonds is 5. The summed E-state index contributed by atoms with van der Waals surface area (Å²) >= 11 is 0. The first-order valence-electron chi connectivity index (χ1n) is 16.7. The highest BCUT2D eigenvalue weighted by Crippen LogP contribution is 2.43. The highest BCUT2D eigenvalue weighted by molar-refractivity contribution is 6.20. The average molecular weight is 641 g/mol. The molecule has 5 nitrogen and oxygen atoms in total. The van der Waals surface area contributed by atoms with Crippen molar-refractivity contribution in [1.29, 1.82) is 0 Å². The predicted octanol–water partition coefficient (Wildman–Crippen LogP) is 11.5. The summed E-state index contributed by atoms with van der Waals surface area (Å²) in [5.74, 6) is 1.90. The zero-order valence-corrected chi connectivity index (χ0v) is 26.9. The molecule has 0 radical (unpaired) electrons. The Kier molecular flexibility index (Phi) is 6.42. The van der Waals surface area contributed by atoms with E-state index in [1.807, 2.05) is 72.8 Å². The van der Waals surface area contributed by atoms with Crippen molar-refractivity contribution >= 4 is 43.7 Å². The van der Waals surface area contributed by atoms with Gasteiger partial charge >= 0.3 is 0 Å². The van der Waals surface area contributed by atoms with Crippen LogP contribution in [-0.2, 0) is 0 Å². The fourth-order valence-corrected chi connectivity index (χ4v) is 7.21. The molecular weight excluding hydrogens is 613 g/mol. The van der Waals surface area contributed by atoms with Gasteiger partial charge in [0.1, 0.15) is 11.2 Å². The second-order valence-electron chi connectivity index (χ2n) is 12.4. The second-order valence-corrected chi connectivity index (χ2v) is 12.4. The van der Waals surface area contributed by atoms with E-state index in [1.165, 1.54) is 0 Å². The molecule has 3 heterocycles. The summed E-state index contributed by atoms with van der Waals surface area (Å²) in [7, 11) is 0. The molecule has 0 saturated heterocycles. The van der Waals surface area contributed by atoms with E-state index in [1.54, 1.807) is 0 Å². The molecule has 0 unspecified atom stereocenters. The summed E-state index contributed by atoms with van der Waals surface area (Å²) in [5.41, 5.74) is 10.1. The zero-order chi connectivity index (χ0) is 33.0. The highest BCUT2D eigenvalue weighted by Gasteiger charge is 2.22. The van der Waals surface area contributed by atoms with Gasteiger partial charge in [-0.05, 0) is 47.5 Å². The number of benzene rings is 7. The van der Waals surface area contributed by atoms with E-state index < -0.39 is 0 Å². The quantitative estimate of drug-likeness (QED) is 0.188. The first kappa shape index (κ1) is 28.2. The number of hydrogen-bond acceptors (Lipinski definition) is 4. The van der Waals surface area contributed by atoms with Gasteiger partial charge in [0.2, 0.25) is 0 Å². The van der Waals surface area contributed by atoms with Crippen LogP contribution in [0.3, 0.4) is 0 Å². The SMILES string of the molecule is c1ccc(-c2nc(-c3ccccc3)nc(-c3cccc4c3c3c(-c5ccccc5)cccc3n4-c3ccc4oc5ccccc5c4c3)n2)cc1. The van der Waals surface area contributed by atoms with Gasteiger partial charge in [0.25, 0.3) is 0 Å². The second kappa shape index (κ2) is 11.4. The van der Waals surface area contributed by atoms with Gasteiger partial charge in [0, 0.05) is 43.9 Å². The van der Waals surface area contributed by atoms with Crippen molar-refractivity contribution in [2.24, 2.45) is 0 Å². The number of furan rings is 1. The standard InChI is InChI=1S/C45H28N4O/c1-4-14-29(15-5-1)33-21-12-23-37-41(33)42-35(45-47-43(30-16-6-2-7-17-30)46-44(48-45)31-18-8-3-9-19-31)22-13-24-38(42)49(37)32-26-27-40-36(28-32)34-20-10-11-25-39(34)50-40/h1-28H. The Morgan fingerprint density at radius 1 is 0.380 bits per heavy atom. The van der Waals surface area contributed by atoms with Crippen LogP contribution < -0.4 is 0 Å². The van der Waals surface area contributed by atoms with Gasteiger partial charge in [0.15, 0.2) is 17.5 Å². The van der Waals surface area contributed by atoms with E-state index in [0.717, 1.165) is 77.2 Å². The Morgan fingerprint density at radius 3 is 1.56 bits per heavy atom. The lowest BCUT2D eigenvalue weighted by Gasteiger charge is -2.11. The molecule has 0 spiro atoms. The molecule has 10 rings (SSSR count). The number of aromatic nitrogens is 4. The van der Waals surface area contributed by atoms with E-state index in [2.05, 4.69) is 102 Å². The van der Waals surface area contributed by atoms with Gasteiger partial charge in [-0.1, -0.05) is 133 Å². The van der Waals surface area contributed by atoms with Gasteiger partial charge in [0.05, 0.1) is 11.0 Å². The van der Waals surface area contributed by atoms with E-state index in [0.29, 0.717) is 17.5 Å². The number of fused-ring (bicyclic) bond motifs is 6. The molecule has 0 atom stereocenters. The molecule has 0 fully saturated rings. The van der Waals surface area contributed by atoms with Crippen LogP contribution in [0.5, 0.6) is 0 Å². The maximum absolute atomic E-state index is 6.22. The largest absolute Gasteiger partial charge is 0.456 e. The Morgan fingerprint density at radius 2 is 0.900 bits per heavy atom. The molecule has 0 bridgehead atoms. The smallest absolute Gasteiger partial charge is 0.164 e. The minimum atomic E-state index is 0.626. The third kappa shape index (κ3) is 4.52. The van der Waals surface area contributed by atoms with Crippen LogP contribution in [0.1, 0.15) is 0 Å². The lowest BCUT2D eigenvalue weighted by molar-refractivity contribution is 0.669. The Balaban J connectivity index is 1.31. The number of para-hydroxylation sites is 1. The first-order chi connectivity index (χ1) is 24.8. The normalized spacial score (nSPS) is 11.6. The summed E-state index contributed by atoms with van der Waals surface area (Å²) in [4.78, 5) is 15.3. The van der Waals surface area contributed by atoms with Crippen molar-refractivity contribution in [2.45, 2.75) is 0 Å². The first-order valence-corrected chi connectivity index (χ1v) is 16.7. The molecule has 3 aromatic heterocycles. The van der Waals surface area contributed by atoms with Crippen molar-refractivity contribution in [3.8, 4) is 51.0 Å². The number of hydrogen-bond donors (Lipinski definition) is 0. The summed E-state index contributed by atoms with van der Waals surface area (Å²) < 4.78 is 8.58. The van der Waals surface area contributed by atoms with Crippen molar-refractivity contribution in [3.05, 3.63) is 170 Å². The van der Waals surface area contributed by atoms with Crippen LogP contribution in [0.4, 0.5) is 0 Å². The van der Waals surface area contributed by atoms with Crippen LogP contribution in [0.15, 0.2) is 174 Å². The molecular formula is C45H28N4O. The van der Waals surface area contributed by atoms with Crippen molar-refractivity contribution in [2.75, 3.05) is 0 Å². The highest BCUT2D eigenvalue weighted by atomic mass is 16.3. The topological polar surface area (TPSA) is 56.7 Å². The summed E-state index contributed by atoms with van der Waals surface area (Å²) in [6.07, 6.45) is 0. The van der Waals surface area contributed by atoms with E-state index >= 15 is 0 Å². The molecule has 0 aliphatic carbocycles. The Labute approximate surface area is 287 Å². The third-order valence-corrected chi connectivity index (χ3v) is 9.46. The molecule has 0 amide bonds. The fourth-order valence-electron chi connectivity index (χ4n) is 7.21. The predicted molar refractivity (Wildman–Crippen MR) is 203 cm³/mol. The van der Waals surface area contributed by atoms with Crippen LogP contribution in [0, 0.1) is 0 Å². The molecule has 0 N–H and O–H groups in total. The van der Waals surface area contributed by atoms with E-state index in [4.69, 9.17) is 19.4 Å². The van der Waals surface area contributed by atoms with E-state index in [9.17, 15) is 0 Å². The Bertz CT molecular complexity index is 2800. The molecule has 0 saturated carbocycles. The molecule has 0 aliphatic heterocycles. The summed E-state index contributed by atoms with van der Waals surface area (Å²) in [6.45, 7) is 0. The monoisotopic (exact) mass is 640 g/mol. The van der Waals surface area contributed by atoms with Gasteiger partial charge in [-0.3, -0.25) is 0 Å². The summed E-state index contributed by atoms with van der Waals surface area (Å²) in [5, 5.41) is 4.41. The molecule has 10 aromatic rings. The van der Waals surface area contributed by atoms with Crippen LogP contribution in [0.2, 0.25) is 0 Å². The molecule has 0 aliphatic rings. The lowest BCUT2D eigenvalue weighted by Crippen LogP contribution is -2.00. The van der Waals surface area contributed by atoms with Crippen molar-refractivity contribution in [3.63, 3.8) is 0 Å². The maximum atomic E-state index is 6.22. The molecule has 50 heavy (non-hydrogen) atoms. The third-order valence-electron chi connectivity index (χ3n) is 9.46. The van der Waals surface area contributed by atoms with Crippen LogP contribution in [-0.4, -0.2) is 19.5 Å². The maximum Gasteiger partial charge on any atom is 0.164 e. The van der Waals surface area contributed by atoms with Gasteiger partial charge in [-0.25, -0.2) is 15.0 Å². The fraction of sp³-hybridized carbons (Fsp3) is 0. The van der Waals surface area contributed by atoms with Gasteiger partial charge in [-0.2, -0.15) is 0 Å². The van der Waals surface area contributed by atoms with Crippen LogP contribution in [0.25, 0.3) is 94.7 Å². The Hall–Kier alpha value is -6.85. The zero-order valence-electron chi connectivity index (χ0n) is 26.9. The minimum Gasteiger partial charge on any atom is -0.456 e. The van der Waals surface area contributed by atoms with Gasteiger partial charge < -0.3 is 8.98 Å². The molecule has 234 valence electrons. The van der Waals surface area contributed by atoms with Gasteiger partial charge in [-0.15, -0.1) is 0 Å². The molecule has 5 heteroatoms. The lowest BCUT2D eigenvalue weighted by atomic mass is 9.97. The minimum absolute atomic E-state index is 0.626. The molecule has 7 aromatic carbocycles. The average Bonchev–Trinajstić information content (AvgIpc) is 3.74. The van der Waals surface area contributed by atoms with Crippen molar-refractivity contribution in [1.82, 2.24) is 19.5 Å². The summed E-state index contributed by atoms with van der Waals surface area (Å²) in [6, 6.07) is 58.6. The van der Waals surface area contributed by atoms with Crippen molar-refractivity contribution < 1.29 is 4.42 Å². The van der Waals surface area contributed by atoms with E-state index in [-0.39, 0.29) is 0 Å². The number of nitrogens with zero attached hydrogens (tertiary/aromatic N) is 4. The van der Waals surface area contributed by atoms with Crippen LogP contribution >= 0.6 is 0 Å².